The molecule has 0 saturated heterocycles. The van der Waals surface area contributed by atoms with E-state index in [1.807, 2.05) is 13.8 Å². The second-order valence-corrected chi connectivity index (χ2v) is 3.78. The molecule has 7 nitrogen and oxygen atoms in total. The average Bonchev–Trinajstić information content (AvgIpc) is 2.29. The van der Waals surface area contributed by atoms with Crippen LogP contribution in [-0.2, 0) is 0 Å². The molecule has 0 aliphatic heterocycles. The highest BCUT2D eigenvalue weighted by molar-refractivity contribution is 5.58. The summed E-state index contributed by atoms with van der Waals surface area (Å²) >= 11 is 0. The van der Waals surface area contributed by atoms with Crippen LogP contribution in [0.25, 0.3) is 0 Å². The largest absolute Gasteiger partial charge is 0.368 e. The molecule has 0 aromatic carbocycles. The van der Waals surface area contributed by atoms with Crippen LogP contribution in [0.4, 0.5) is 17.5 Å². The summed E-state index contributed by atoms with van der Waals surface area (Å²) in [5, 5.41) is 10.9. The number of hydrogen-bond acceptors (Lipinski definition) is 6. The third-order valence-corrected chi connectivity index (χ3v) is 2.79. The summed E-state index contributed by atoms with van der Waals surface area (Å²) in [6.45, 7) is 4.06. The molecule has 94 valence electrons. The van der Waals surface area contributed by atoms with Crippen molar-refractivity contribution >= 4 is 17.5 Å². The Morgan fingerprint density at radius 3 is 2.59 bits per heavy atom. The van der Waals surface area contributed by atoms with Crippen molar-refractivity contribution in [1.29, 1.82) is 0 Å². The molecule has 0 amide bonds. The van der Waals surface area contributed by atoms with Gasteiger partial charge in [0.05, 0.1) is 4.92 Å². The Bertz CT molecular complexity index is 406. The van der Waals surface area contributed by atoms with Crippen molar-refractivity contribution < 1.29 is 4.92 Å². The average molecular weight is 239 g/mol. The molecule has 0 bridgehead atoms. The fourth-order valence-electron chi connectivity index (χ4n) is 1.78. The summed E-state index contributed by atoms with van der Waals surface area (Å²) in [5.41, 5.74) is 5.36. The van der Waals surface area contributed by atoms with Crippen molar-refractivity contribution in [2.24, 2.45) is 0 Å². The molecule has 2 N–H and O–H groups in total. The number of nitrogen functional groups attached to an aromatic ring is 1. The second-order valence-electron chi connectivity index (χ2n) is 3.78. The first-order chi connectivity index (χ1) is 8.01. The Morgan fingerprint density at radius 1 is 1.53 bits per heavy atom. The van der Waals surface area contributed by atoms with E-state index in [0.717, 1.165) is 19.0 Å². The van der Waals surface area contributed by atoms with E-state index in [0.29, 0.717) is 0 Å². The zero-order valence-electron chi connectivity index (χ0n) is 10.3. The van der Waals surface area contributed by atoms with Crippen molar-refractivity contribution in [3.8, 4) is 0 Å². The molecule has 17 heavy (non-hydrogen) atoms. The summed E-state index contributed by atoms with van der Waals surface area (Å²) in [6, 6.07) is 0.197. The zero-order valence-corrected chi connectivity index (χ0v) is 10.3. The highest BCUT2D eigenvalue weighted by atomic mass is 16.6. The maximum absolute atomic E-state index is 10.9. The summed E-state index contributed by atoms with van der Waals surface area (Å²) in [4.78, 5) is 19.8. The van der Waals surface area contributed by atoms with E-state index >= 15 is 0 Å². The van der Waals surface area contributed by atoms with Gasteiger partial charge in [-0.1, -0.05) is 13.8 Å². The molecule has 1 rings (SSSR count). The SMILES string of the molecule is CCC(CC)N(C)c1nc(N)ncc1[N+](=O)[O-]. The van der Waals surface area contributed by atoms with Crippen molar-refractivity contribution in [3.05, 3.63) is 16.3 Å². The Labute approximate surface area is 99.8 Å². The molecule has 0 spiro atoms. The number of hydrogen-bond donors (Lipinski definition) is 1. The quantitative estimate of drug-likeness (QED) is 0.618. The van der Waals surface area contributed by atoms with Crippen LogP contribution in [0, 0.1) is 10.1 Å². The molecule has 0 saturated carbocycles. The standard InChI is InChI=1S/C10H17N5O2/c1-4-7(5-2)14(3)9-8(15(16)17)6-12-10(11)13-9/h6-7H,4-5H2,1-3H3,(H2,11,12,13). The molecule has 0 unspecified atom stereocenters. The molecule has 0 aliphatic rings. The van der Waals surface area contributed by atoms with Gasteiger partial charge in [-0.25, -0.2) is 4.98 Å². The summed E-state index contributed by atoms with van der Waals surface area (Å²) in [7, 11) is 1.78. The van der Waals surface area contributed by atoms with Crippen molar-refractivity contribution in [2.75, 3.05) is 17.7 Å². The number of nitro groups is 1. The smallest absolute Gasteiger partial charge is 0.329 e. The summed E-state index contributed by atoms with van der Waals surface area (Å²) < 4.78 is 0. The van der Waals surface area contributed by atoms with Gasteiger partial charge < -0.3 is 10.6 Å². The van der Waals surface area contributed by atoms with Gasteiger partial charge in [-0.15, -0.1) is 0 Å². The minimum absolute atomic E-state index is 0.0448. The lowest BCUT2D eigenvalue weighted by molar-refractivity contribution is -0.384. The molecular weight excluding hydrogens is 222 g/mol. The maximum atomic E-state index is 10.9. The minimum Gasteiger partial charge on any atom is -0.368 e. The highest BCUT2D eigenvalue weighted by Gasteiger charge is 2.23. The van der Waals surface area contributed by atoms with Crippen LogP contribution < -0.4 is 10.6 Å². The van der Waals surface area contributed by atoms with Gasteiger partial charge in [0, 0.05) is 13.1 Å². The predicted molar refractivity (Wildman–Crippen MR) is 65.9 cm³/mol. The fourth-order valence-corrected chi connectivity index (χ4v) is 1.78. The van der Waals surface area contributed by atoms with Crippen LogP contribution >= 0.6 is 0 Å². The predicted octanol–water partition coefficient (Wildman–Crippen LogP) is 1.59. The van der Waals surface area contributed by atoms with Crippen LogP contribution in [0.1, 0.15) is 26.7 Å². The van der Waals surface area contributed by atoms with Crippen molar-refractivity contribution in [1.82, 2.24) is 9.97 Å². The van der Waals surface area contributed by atoms with Crippen molar-refractivity contribution in [2.45, 2.75) is 32.7 Å². The summed E-state index contributed by atoms with van der Waals surface area (Å²) in [5.74, 6) is 0.319. The van der Waals surface area contributed by atoms with Crippen LogP contribution in [0.5, 0.6) is 0 Å². The number of rotatable bonds is 5. The van der Waals surface area contributed by atoms with Gasteiger partial charge >= 0.3 is 5.69 Å². The highest BCUT2D eigenvalue weighted by Crippen LogP contribution is 2.27. The third-order valence-electron chi connectivity index (χ3n) is 2.79. The Balaban J connectivity index is 3.18. The number of nitrogens with zero attached hydrogens (tertiary/aromatic N) is 4. The van der Waals surface area contributed by atoms with E-state index in [-0.39, 0.29) is 23.5 Å². The van der Waals surface area contributed by atoms with E-state index in [4.69, 9.17) is 5.73 Å². The fraction of sp³-hybridized carbons (Fsp3) is 0.600. The van der Waals surface area contributed by atoms with Gasteiger partial charge in [0.2, 0.25) is 11.8 Å². The molecule has 0 atom stereocenters. The lowest BCUT2D eigenvalue weighted by Crippen LogP contribution is -2.31. The van der Waals surface area contributed by atoms with Gasteiger partial charge in [0.25, 0.3) is 0 Å². The normalized spacial score (nSPS) is 10.6. The molecular formula is C10H17N5O2. The Kier molecular flexibility index (Phi) is 4.19. The molecule has 1 aromatic heterocycles. The zero-order chi connectivity index (χ0) is 13.0. The van der Waals surface area contributed by atoms with Crippen LogP contribution in [0.2, 0.25) is 0 Å². The van der Waals surface area contributed by atoms with Crippen LogP contribution in [0.3, 0.4) is 0 Å². The first-order valence-corrected chi connectivity index (χ1v) is 5.50. The van der Waals surface area contributed by atoms with Crippen molar-refractivity contribution in [3.63, 3.8) is 0 Å². The van der Waals surface area contributed by atoms with Gasteiger partial charge in [-0.3, -0.25) is 10.1 Å². The molecule has 0 radical (unpaired) electrons. The van der Waals surface area contributed by atoms with E-state index in [2.05, 4.69) is 9.97 Å². The first kappa shape index (κ1) is 13.1. The van der Waals surface area contributed by atoms with Gasteiger partial charge in [0.15, 0.2) is 0 Å². The number of nitrogens with two attached hydrogens (primary N) is 1. The topological polar surface area (TPSA) is 98.2 Å². The van der Waals surface area contributed by atoms with Crippen LogP contribution in [0.15, 0.2) is 6.20 Å². The minimum atomic E-state index is -0.492. The van der Waals surface area contributed by atoms with E-state index in [9.17, 15) is 10.1 Å². The lowest BCUT2D eigenvalue weighted by atomic mass is 10.1. The van der Waals surface area contributed by atoms with Crippen LogP contribution in [-0.4, -0.2) is 28.0 Å². The first-order valence-electron chi connectivity index (χ1n) is 5.50. The van der Waals surface area contributed by atoms with Gasteiger partial charge in [-0.2, -0.15) is 4.98 Å². The van der Waals surface area contributed by atoms with E-state index < -0.39 is 4.92 Å². The molecule has 1 heterocycles. The lowest BCUT2D eigenvalue weighted by Gasteiger charge is -2.26. The summed E-state index contributed by atoms with van der Waals surface area (Å²) in [6.07, 6.45) is 2.92. The maximum Gasteiger partial charge on any atom is 0.329 e. The van der Waals surface area contributed by atoms with E-state index in [1.54, 1.807) is 11.9 Å². The monoisotopic (exact) mass is 239 g/mol. The third kappa shape index (κ3) is 2.80. The Morgan fingerprint density at radius 2 is 2.12 bits per heavy atom. The number of aromatic nitrogens is 2. The molecule has 0 aliphatic carbocycles. The number of anilines is 2. The Hall–Kier alpha value is -1.92. The molecule has 1 aromatic rings. The molecule has 7 heteroatoms. The second kappa shape index (κ2) is 5.42. The molecule has 0 fully saturated rings. The van der Waals surface area contributed by atoms with E-state index in [1.165, 1.54) is 0 Å². The van der Waals surface area contributed by atoms with Gasteiger partial charge in [0.1, 0.15) is 6.20 Å². The van der Waals surface area contributed by atoms with Gasteiger partial charge in [-0.05, 0) is 12.8 Å².